The Labute approximate surface area is 144 Å². The Morgan fingerprint density at radius 2 is 1.67 bits per heavy atom. The largest absolute Gasteiger partial charge is 0.295 e. The van der Waals surface area contributed by atoms with Gasteiger partial charge in [0.15, 0.2) is 0 Å². The Bertz CT molecular complexity index is 549. The number of piperidine rings is 1. The maximum absolute atomic E-state index is 12.2. The number of carbonyl (C=O) groups excluding carboxylic acids is 4. The van der Waals surface area contributed by atoms with E-state index in [9.17, 15) is 19.2 Å². The van der Waals surface area contributed by atoms with Crippen LogP contribution in [0.15, 0.2) is 23.8 Å². The minimum atomic E-state index is -0.906. The number of nitrogens with one attached hydrogen (secondary N) is 1. The average molecular weight is 336 g/mol. The van der Waals surface area contributed by atoms with Crippen molar-refractivity contribution in [1.29, 1.82) is 0 Å². The van der Waals surface area contributed by atoms with Gasteiger partial charge in [0.2, 0.25) is 11.8 Å². The monoisotopic (exact) mass is 336 g/mol. The summed E-state index contributed by atoms with van der Waals surface area (Å²) >= 11 is 0. The van der Waals surface area contributed by atoms with Crippen molar-refractivity contribution in [3.8, 4) is 0 Å². The molecule has 0 aromatic heterocycles. The van der Waals surface area contributed by atoms with E-state index in [1.165, 1.54) is 12.5 Å². The van der Waals surface area contributed by atoms with E-state index in [4.69, 9.17) is 0 Å². The summed E-state index contributed by atoms with van der Waals surface area (Å²) in [4.78, 5) is 48.1. The van der Waals surface area contributed by atoms with Gasteiger partial charge in [0, 0.05) is 17.6 Å². The van der Waals surface area contributed by atoms with Gasteiger partial charge in [0.05, 0.1) is 0 Å². The predicted molar refractivity (Wildman–Crippen MR) is 92.9 cm³/mol. The van der Waals surface area contributed by atoms with Gasteiger partial charge >= 0.3 is 0 Å². The van der Waals surface area contributed by atoms with Gasteiger partial charge in [-0.3, -0.25) is 29.4 Å². The van der Waals surface area contributed by atoms with Gasteiger partial charge in [0.25, 0.3) is 11.8 Å². The molecule has 1 N–H and O–H groups in total. The van der Waals surface area contributed by atoms with Crippen LogP contribution in [-0.2, 0) is 19.2 Å². The molecule has 134 valence electrons. The number of carbonyl (C=O) groups is 4. The van der Waals surface area contributed by atoms with Gasteiger partial charge in [0.1, 0.15) is 6.04 Å². The van der Waals surface area contributed by atoms with Crippen molar-refractivity contribution >= 4 is 23.6 Å². The maximum atomic E-state index is 12.2. The number of hydrogen-bond acceptors (Lipinski definition) is 4. The molecule has 2 aliphatic heterocycles. The van der Waals surface area contributed by atoms with Crippen molar-refractivity contribution in [1.82, 2.24) is 10.2 Å². The van der Waals surface area contributed by atoms with E-state index in [-0.39, 0.29) is 24.3 Å². The van der Waals surface area contributed by atoms with Gasteiger partial charge in [-0.2, -0.15) is 0 Å². The second-order valence-electron chi connectivity index (χ2n) is 5.10. The van der Waals surface area contributed by atoms with Gasteiger partial charge in [-0.05, 0) is 12.8 Å². The molecular weight excluding hydrogens is 308 g/mol. The molecule has 6 nitrogen and oxygen atoms in total. The molecule has 2 aliphatic rings. The third-order valence-corrected chi connectivity index (χ3v) is 3.33. The maximum Gasteiger partial charge on any atom is 0.261 e. The highest BCUT2D eigenvalue weighted by molar-refractivity contribution is 6.22. The number of amides is 4. The quantitative estimate of drug-likeness (QED) is 0.803. The first-order valence-corrected chi connectivity index (χ1v) is 8.49. The molecule has 2 rings (SSSR count). The number of nitrogens with zero attached hydrogens (tertiary/aromatic N) is 1. The normalized spacial score (nSPS) is 20.0. The molecule has 0 radical (unpaired) electrons. The fourth-order valence-electron chi connectivity index (χ4n) is 2.38. The van der Waals surface area contributed by atoms with Crippen molar-refractivity contribution in [2.24, 2.45) is 0 Å². The van der Waals surface area contributed by atoms with Crippen LogP contribution in [0.3, 0.4) is 0 Å². The van der Waals surface area contributed by atoms with Crippen LogP contribution in [0.2, 0.25) is 0 Å². The molecule has 0 spiro atoms. The fraction of sp³-hybridized carbons (Fsp3) is 0.556. The van der Waals surface area contributed by atoms with Crippen molar-refractivity contribution in [2.45, 2.75) is 66.3 Å². The first kappa shape index (κ1) is 21.8. The first-order chi connectivity index (χ1) is 11.4. The summed E-state index contributed by atoms with van der Waals surface area (Å²) in [7, 11) is 0. The fourth-order valence-corrected chi connectivity index (χ4v) is 2.38. The third-order valence-electron chi connectivity index (χ3n) is 3.33. The van der Waals surface area contributed by atoms with Crippen LogP contribution < -0.4 is 5.32 Å². The standard InChI is InChI=1S/C13H14N2O4.C3H8.C2H6/c1-3-7-8(4-2)13(19)15(12(7)18)9-5-6-10(16)14-11(9)17;1-3-2;1-2/h3,9H,1,4-6H2,2H3,(H,14,16,17);3H2,1-2H3;1-2H3. The lowest BCUT2D eigenvalue weighted by atomic mass is 10.0. The zero-order chi connectivity index (χ0) is 18.9. The van der Waals surface area contributed by atoms with Crippen LogP contribution in [-0.4, -0.2) is 34.6 Å². The topological polar surface area (TPSA) is 83.6 Å². The molecule has 0 aliphatic carbocycles. The summed E-state index contributed by atoms with van der Waals surface area (Å²) in [6.45, 7) is 13.5. The summed E-state index contributed by atoms with van der Waals surface area (Å²) in [5.74, 6) is -1.95. The second-order valence-corrected chi connectivity index (χ2v) is 5.10. The Morgan fingerprint density at radius 1 is 1.12 bits per heavy atom. The van der Waals surface area contributed by atoms with E-state index < -0.39 is 23.8 Å². The highest BCUT2D eigenvalue weighted by Gasteiger charge is 2.44. The van der Waals surface area contributed by atoms with E-state index in [1.54, 1.807) is 6.92 Å². The minimum absolute atomic E-state index is 0.123. The molecule has 1 unspecified atom stereocenters. The molecular formula is C18H28N2O4. The lowest BCUT2D eigenvalue weighted by Gasteiger charge is -2.28. The number of rotatable bonds is 3. The highest BCUT2D eigenvalue weighted by atomic mass is 16.2. The summed E-state index contributed by atoms with van der Waals surface area (Å²) in [5, 5.41) is 2.14. The zero-order valence-electron chi connectivity index (χ0n) is 15.3. The SMILES string of the molecule is C=CC1=C(CC)C(=O)N(C2CCC(=O)NC2=O)C1=O.CC.CCC. The van der Waals surface area contributed by atoms with E-state index >= 15 is 0 Å². The van der Waals surface area contributed by atoms with E-state index in [0.717, 1.165) is 4.90 Å². The average Bonchev–Trinajstić information content (AvgIpc) is 2.80. The summed E-state index contributed by atoms with van der Waals surface area (Å²) < 4.78 is 0. The van der Waals surface area contributed by atoms with Crippen LogP contribution >= 0.6 is 0 Å². The Morgan fingerprint density at radius 3 is 2.04 bits per heavy atom. The highest BCUT2D eigenvalue weighted by Crippen LogP contribution is 2.28. The van der Waals surface area contributed by atoms with Crippen LogP contribution in [0.5, 0.6) is 0 Å². The van der Waals surface area contributed by atoms with Crippen molar-refractivity contribution in [3.63, 3.8) is 0 Å². The molecule has 1 fully saturated rings. The minimum Gasteiger partial charge on any atom is -0.295 e. The van der Waals surface area contributed by atoms with Crippen molar-refractivity contribution < 1.29 is 19.2 Å². The van der Waals surface area contributed by atoms with Gasteiger partial charge in [-0.15, -0.1) is 0 Å². The second kappa shape index (κ2) is 10.5. The van der Waals surface area contributed by atoms with E-state index in [0.29, 0.717) is 12.0 Å². The van der Waals surface area contributed by atoms with E-state index in [2.05, 4.69) is 25.7 Å². The first-order valence-electron chi connectivity index (χ1n) is 8.49. The molecule has 0 aromatic rings. The molecule has 0 saturated carbocycles. The van der Waals surface area contributed by atoms with Gasteiger partial charge in [-0.25, -0.2) is 0 Å². The lowest BCUT2D eigenvalue weighted by molar-refractivity contribution is -0.150. The van der Waals surface area contributed by atoms with Crippen LogP contribution in [0, 0.1) is 0 Å². The smallest absolute Gasteiger partial charge is 0.261 e. The van der Waals surface area contributed by atoms with E-state index in [1.807, 2.05) is 13.8 Å². The van der Waals surface area contributed by atoms with Gasteiger partial charge < -0.3 is 0 Å². The molecule has 6 heteroatoms. The zero-order valence-corrected chi connectivity index (χ0v) is 15.3. The molecule has 1 saturated heterocycles. The van der Waals surface area contributed by atoms with Crippen LogP contribution in [0.4, 0.5) is 0 Å². The Balaban J connectivity index is 0.000000952. The molecule has 4 amide bonds. The van der Waals surface area contributed by atoms with Crippen molar-refractivity contribution in [2.75, 3.05) is 0 Å². The molecule has 24 heavy (non-hydrogen) atoms. The molecule has 2 heterocycles. The molecule has 0 bridgehead atoms. The number of imide groups is 2. The van der Waals surface area contributed by atoms with Gasteiger partial charge in [-0.1, -0.05) is 53.7 Å². The van der Waals surface area contributed by atoms with Crippen molar-refractivity contribution in [3.05, 3.63) is 23.8 Å². The Hall–Kier alpha value is -2.24. The Kier molecular flexibility index (Phi) is 9.54. The third kappa shape index (κ3) is 4.63. The predicted octanol–water partition coefficient (Wildman–Crippen LogP) is 2.50. The summed E-state index contributed by atoms with van der Waals surface area (Å²) in [6, 6.07) is -0.906. The van der Waals surface area contributed by atoms with Crippen LogP contribution in [0.1, 0.15) is 60.3 Å². The lowest BCUT2D eigenvalue weighted by Crippen LogP contribution is -2.54. The number of hydrogen-bond donors (Lipinski definition) is 1. The molecule has 0 aromatic carbocycles. The summed E-state index contributed by atoms with van der Waals surface area (Å²) in [5.41, 5.74) is 0.613. The molecule has 1 atom stereocenters. The summed E-state index contributed by atoms with van der Waals surface area (Å²) in [6.07, 6.45) is 3.28. The van der Waals surface area contributed by atoms with Crippen LogP contribution in [0.25, 0.3) is 0 Å².